The summed E-state index contributed by atoms with van der Waals surface area (Å²) >= 11 is 0. The largest absolute Gasteiger partial charge is 0.465 e. The molecule has 106 valence electrons. The van der Waals surface area contributed by atoms with Gasteiger partial charge in [-0.1, -0.05) is 0 Å². The van der Waals surface area contributed by atoms with Gasteiger partial charge in [0, 0.05) is 18.7 Å². The summed E-state index contributed by atoms with van der Waals surface area (Å²) in [7, 11) is 1.28. The Morgan fingerprint density at radius 3 is 2.15 bits per heavy atom. The molecule has 0 atom stereocenters. The van der Waals surface area contributed by atoms with Gasteiger partial charge in [0.1, 0.15) is 0 Å². The van der Waals surface area contributed by atoms with Crippen molar-refractivity contribution >= 4 is 17.7 Å². The lowest BCUT2D eigenvalue weighted by Gasteiger charge is -2.26. The van der Waals surface area contributed by atoms with Crippen LogP contribution in [0.1, 0.15) is 20.7 Å². The van der Waals surface area contributed by atoms with E-state index in [0.29, 0.717) is 31.9 Å². The molecule has 1 saturated heterocycles. The molecule has 0 saturated carbocycles. The number of hydrogen-bond donors (Lipinski definition) is 0. The second-order valence-corrected chi connectivity index (χ2v) is 4.30. The van der Waals surface area contributed by atoms with Crippen molar-refractivity contribution in [3.05, 3.63) is 35.4 Å². The van der Waals surface area contributed by atoms with Crippen LogP contribution in [0, 0.1) is 0 Å². The Labute approximate surface area is 116 Å². The first-order valence-corrected chi connectivity index (χ1v) is 6.23. The van der Waals surface area contributed by atoms with Crippen LogP contribution in [0.4, 0.5) is 0 Å². The molecule has 6 nitrogen and oxygen atoms in total. The van der Waals surface area contributed by atoms with Crippen molar-refractivity contribution in [1.29, 1.82) is 0 Å². The number of benzene rings is 1. The molecule has 0 spiro atoms. The van der Waals surface area contributed by atoms with Crippen LogP contribution >= 0.6 is 0 Å². The summed E-state index contributed by atoms with van der Waals surface area (Å²) in [5.74, 6) is -1.61. The highest BCUT2D eigenvalue weighted by molar-refractivity contribution is 6.42. The minimum Gasteiger partial charge on any atom is -0.465 e. The van der Waals surface area contributed by atoms with Crippen molar-refractivity contribution in [3.63, 3.8) is 0 Å². The third kappa shape index (κ3) is 3.03. The quantitative estimate of drug-likeness (QED) is 0.457. The standard InChI is InChI=1S/C14H15NO5/c1-19-14(18)11-4-2-10(3-5-11)12(16)13(17)15-6-8-20-9-7-15/h2-5H,6-9H2,1H3. The van der Waals surface area contributed by atoms with Crippen molar-refractivity contribution in [1.82, 2.24) is 4.90 Å². The average Bonchev–Trinajstić information content (AvgIpc) is 2.53. The van der Waals surface area contributed by atoms with Crippen LogP contribution < -0.4 is 0 Å². The zero-order valence-electron chi connectivity index (χ0n) is 11.1. The lowest BCUT2D eigenvalue weighted by Crippen LogP contribution is -2.44. The fraction of sp³-hybridized carbons (Fsp3) is 0.357. The number of hydrogen-bond acceptors (Lipinski definition) is 5. The smallest absolute Gasteiger partial charge is 0.337 e. The molecule has 1 aliphatic rings. The molecule has 20 heavy (non-hydrogen) atoms. The third-order valence-electron chi connectivity index (χ3n) is 3.06. The molecule has 0 aliphatic carbocycles. The van der Waals surface area contributed by atoms with Crippen LogP contribution in [0.5, 0.6) is 0 Å². The molecule has 1 amide bonds. The summed E-state index contributed by atoms with van der Waals surface area (Å²) in [4.78, 5) is 36.8. The van der Waals surface area contributed by atoms with Gasteiger partial charge in [-0.15, -0.1) is 0 Å². The first-order chi connectivity index (χ1) is 9.63. The molecule has 1 aromatic carbocycles. The summed E-state index contributed by atoms with van der Waals surface area (Å²) < 4.78 is 9.70. The predicted molar refractivity (Wildman–Crippen MR) is 69.5 cm³/mol. The Bertz CT molecular complexity index is 517. The second-order valence-electron chi connectivity index (χ2n) is 4.30. The Balaban J connectivity index is 2.08. The van der Waals surface area contributed by atoms with Crippen LogP contribution in [0.15, 0.2) is 24.3 Å². The van der Waals surface area contributed by atoms with E-state index in [1.807, 2.05) is 0 Å². The summed E-state index contributed by atoms with van der Waals surface area (Å²) in [5, 5.41) is 0. The van der Waals surface area contributed by atoms with E-state index in [4.69, 9.17) is 4.74 Å². The molecular weight excluding hydrogens is 262 g/mol. The van der Waals surface area contributed by atoms with Gasteiger partial charge in [-0.3, -0.25) is 9.59 Å². The van der Waals surface area contributed by atoms with Crippen molar-refractivity contribution in [3.8, 4) is 0 Å². The van der Waals surface area contributed by atoms with Gasteiger partial charge in [-0.2, -0.15) is 0 Å². The van der Waals surface area contributed by atoms with Gasteiger partial charge in [0.2, 0.25) is 5.78 Å². The molecule has 0 unspecified atom stereocenters. The lowest BCUT2D eigenvalue weighted by atomic mass is 10.1. The SMILES string of the molecule is COC(=O)c1ccc(C(=O)C(=O)N2CCOCC2)cc1. The first-order valence-electron chi connectivity index (χ1n) is 6.23. The maximum atomic E-state index is 12.0. The van der Waals surface area contributed by atoms with Gasteiger partial charge < -0.3 is 14.4 Å². The number of methoxy groups -OCH3 is 1. The van der Waals surface area contributed by atoms with E-state index < -0.39 is 17.7 Å². The van der Waals surface area contributed by atoms with E-state index in [1.165, 1.54) is 36.3 Å². The van der Waals surface area contributed by atoms with E-state index >= 15 is 0 Å². The van der Waals surface area contributed by atoms with Crippen molar-refractivity contribution in [2.75, 3.05) is 33.4 Å². The Hall–Kier alpha value is -2.21. The van der Waals surface area contributed by atoms with E-state index in [9.17, 15) is 14.4 Å². The van der Waals surface area contributed by atoms with Crippen molar-refractivity contribution < 1.29 is 23.9 Å². The molecule has 0 N–H and O–H groups in total. The molecule has 2 rings (SSSR count). The Kier molecular flexibility index (Phi) is 4.47. The molecule has 0 aromatic heterocycles. The number of nitrogens with zero attached hydrogens (tertiary/aromatic N) is 1. The van der Waals surface area contributed by atoms with E-state index in [2.05, 4.69) is 4.74 Å². The van der Waals surface area contributed by atoms with E-state index in [0.717, 1.165) is 0 Å². The summed E-state index contributed by atoms with van der Waals surface area (Å²) in [6.45, 7) is 1.73. The van der Waals surface area contributed by atoms with Gasteiger partial charge in [0.25, 0.3) is 5.91 Å². The van der Waals surface area contributed by atoms with Crippen LogP contribution in [0.2, 0.25) is 0 Å². The molecule has 0 radical (unpaired) electrons. The van der Waals surface area contributed by atoms with Crippen molar-refractivity contribution in [2.45, 2.75) is 0 Å². The molecule has 1 heterocycles. The molecule has 6 heteroatoms. The number of rotatable bonds is 3. The minimum atomic E-state index is -0.580. The maximum absolute atomic E-state index is 12.0. The highest BCUT2D eigenvalue weighted by Crippen LogP contribution is 2.09. The topological polar surface area (TPSA) is 72.9 Å². The Morgan fingerprint density at radius 2 is 1.60 bits per heavy atom. The monoisotopic (exact) mass is 277 g/mol. The van der Waals surface area contributed by atoms with Gasteiger partial charge in [-0.25, -0.2) is 4.79 Å². The van der Waals surface area contributed by atoms with Crippen LogP contribution in [0.3, 0.4) is 0 Å². The number of ketones is 1. The summed E-state index contributed by atoms with van der Waals surface area (Å²) in [6.07, 6.45) is 0. The summed E-state index contributed by atoms with van der Waals surface area (Å²) in [5.41, 5.74) is 0.594. The van der Waals surface area contributed by atoms with Gasteiger partial charge in [0.05, 0.1) is 25.9 Å². The van der Waals surface area contributed by atoms with Gasteiger partial charge in [0.15, 0.2) is 0 Å². The molecular formula is C14H15NO5. The number of Topliss-reactive ketones (excluding diaryl/α,β-unsaturated/α-hetero) is 1. The van der Waals surface area contributed by atoms with Crippen LogP contribution in [0.25, 0.3) is 0 Å². The molecule has 1 fully saturated rings. The van der Waals surface area contributed by atoms with Crippen LogP contribution in [-0.4, -0.2) is 56.0 Å². The zero-order chi connectivity index (χ0) is 14.5. The number of amides is 1. The average molecular weight is 277 g/mol. The third-order valence-corrected chi connectivity index (χ3v) is 3.06. The molecule has 1 aliphatic heterocycles. The molecule has 0 bridgehead atoms. The normalized spacial score (nSPS) is 14.8. The highest BCUT2D eigenvalue weighted by Gasteiger charge is 2.24. The number of carbonyl (C=O) groups excluding carboxylic acids is 3. The first kappa shape index (κ1) is 14.2. The number of esters is 1. The molecule has 1 aromatic rings. The van der Waals surface area contributed by atoms with Gasteiger partial charge in [-0.05, 0) is 24.3 Å². The number of morpholine rings is 1. The maximum Gasteiger partial charge on any atom is 0.337 e. The zero-order valence-corrected chi connectivity index (χ0v) is 11.1. The van der Waals surface area contributed by atoms with Gasteiger partial charge >= 0.3 is 5.97 Å². The Morgan fingerprint density at radius 1 is 1.05 bits per heavy atom. The second kappa shape index (κ2) is 6.29. The summed E-state index contributed by atoms with van der Waals surface area (Å²) in [6, 6.07) is 5.83. The van der Waals surface area contributed by atoms with Crippen molar-refractivity contribution in [2.24, 2.45) is 0 Å². The number of carbonyl (C=O) groups is 3. The van der Waals surface area contributed by atoms with E-state index in [-0.39, 0.29) is 5.56 Å². The predicted octanol–water partition coefficient (Wildman–Crippen LogP) is 0.515. The number of ether oxygens (including phenoxy) is 2. The minimum absolute atomic E-state index is 0.258. The highest BCUT2D eigenvalue weighted by atomic mass is 16.5. The van der Waals surface area contributed by atoms with E-state index in [1.54, 1.807) is 0 Å². The fourth-order valence-electron chi connectivity index (χ4n) is 1.91. The fourth-order valence-corrected chi connectivity index (χ4v) is 1.91. The lowest BCUT2D eigenvalue weighted by molar-refractivity contribution is -0.130. The van der Waals surface area contributed by atoms with Crippen LogP contribution in [-0.2, 0) is 14.3 Å².